The van der Waals surface area contributed by atoms with E-state index in [0.717, 1.165) is 43.2 Å². The Balaban J connectivity index is -0.000000196. The second-order valence-corrected chi connectivity index (χ2v) is 9.77. The highest BCUT2D eigenvalue weighted by Crippen LogP contribution is 2.24. The van der Waals surface area contributed by atoms with Gasteiger partial charge in [0.1, 0.15) is 0 Å². The van der Waals surface area contributed by atoms with Crippen molar-refractivity contribution in [3.8, 4) is 6.07 Å². The van der Waals surface area contributed by atoms with Gasteiger partial charge in [0.15, 0.2) is 0 Å². The number of carbonyl (C=O) groups is 2. The van der Waals surface area contributed by atoms with Crippen molar-refractivity contribution in [1.82, 2.24) is 10.6 Å². The van der Waals surface area contributed by atoms with Crippen molar-refractivity contribution in [2.24, 2.45) is 5.73 Å². The van der Waals surface area contributed by atoms with E-state index in [1.807, 2.05) is 36.4 Å². The normalized spacial score (nSPS) is 8.78. The van der Waals surface area contributed by atoms with E-state index in [1.165, 1.54) is 12.5 Å². The summed E-state index contributed by atoms with van der Waals surface area (Å²) in [5, 5.41) is 15.3. The Hall–Kier alpha value is -5.65. The van der Waals surface area contributed by atoms with E-state index in [-0.39, 0.29) is 54.9 Å². The van der Waals surface area contributed by atoms with Crippen molar-refractivity contribution in [3.63, 3.8) is 0 Å². The first-order valence-corrected chi connectivity index (χ1v) is 14.6. The van der Waals surface area contributed by atoms with Crippen molar-refractivity contribution in [2.75, 3.05) is 0 Å². The van der Waals surface area contributed by atoms with Crippen molar-refractivity contribution in [1.29, 1.82) is 5.26 Å². The van der Waals surface area contributed by atoms with Gasteiger partial charge in [-0.2, -0.15) is 43.6 Å². The standard InChI is InChI=1S/C15H24N2O.C15H20N2O.4CO2.CH4/c2*1-4-15(5-2,17-12(3)18)10-13-8-6-7-9-14(13)11-16;4*2-1-3;/h6-9H,4-5,10-11,16H2,1-3H3,(H,17,18);6-9H,4-5,10H2,1-3H3,(H,17,18);;;;;1H4. The lowest BCUT2D eigenvalue weighted by atomic mass is 9.84. The van der Waals surface area contributed by atoms with Crippen LogP contribution in [0.1, 0.15) is 96.9 Å². The monoisotopic (exact) mass is 684 g/mol. The zero-order valence-electron chi connectivity index (χ0n) is 28.2. The van der Waals surface area contributed by atoms with E-state index in [4.69, 9.17) is 49.4 Å². The average Bonchev–Trinajstić information content (AvgIpc) is 3.06. The van der Waals surface area contributed by atoms with Crippen LogP contribution in [0.4, 0.5) is 0 Å². The molecule has 0 radical (unpaired) electrons. The van der Waals surface area contributed by atoms with Gasteiger partial charge in [-0.1, -0.05) is 77.6 Å². The summed E-state index contributed by atoms with van der Waals surface area (Å²) in [6.07, 6.45) is 6.08. The van der Waals surface area contributed by atoms with Crippen LogP contribution in [0.2, 0.25) is 0 Å². The number of nitrogens with two attached hydrogens (primary N) is 1. The first-order chi connectivity index (χ1) is 22.8. The van der Waals surface area contributed by atoms with Crippen LogP contribution in [0.15, 0.2) is 48.5 Å². The Morgan fingerprint density at radius 1 is 0.612 bits per heavy atom. The summed E-state index contributed by atoms with van der Waals surface area (Å²) >= 11 is 0. The smallest absolute Gasteiger partial charge is 0.351 e. The van der Waals surface area contributed by atoms with Gasteiger partial charge in [0.2, 0.25) is 11.8 Å². The highest BCUT2D eigenvalue weighted by molar-refractivity contribution is 5.74. The molecule has 0 fully saturated rings. The fraction of sp³-hybridized carbons (Fsp3) is 0.457. The van der Waals surface area contributed by atoms with Gasteiger partial charge in [0.25, 0.3) is 0 Å². The molecular formula is C35H48N4O10. The Kier molecular flexibility index (Phi) is 36.4. The number of nitriles is 1. The van der Waals surface area contributed by atoms with E-state index >= 15 is 0 Å². The van der Waals surface area contributed by atoms with Gasteiger partial charge in [0.05, 0.1) is 11.6 Å². The van der Waals surface area contributed by atoms with Crippen LogP contribution in [0, 0.1) is 11.3 Å². The van der Waals surface area contributed by atoms with Gasteiger partial charge in [0, 0.05) is 31.5 Å². The molecule has 0 saturated heterocycles. The molecule has 0 aliphatic carbocycles. The predicted octanol–water partition coefficient (Wildman–Crippen LogP) is 3.48. The Bertz CT molecular complexity index is 1340. The van der Waals surface area contributed by atoms with Gasteiger partial charge in [-0.05, 0) is 61.3 Å². The molecule has 268 valence electrons. The molecule has 0 atom stereocenters. The number of hydrogen-bond donors (Lipinski definition) is 3. The average molecular weight is 685 g/mol. The zero-order chi connectivity index (χ0) is 38.0. The van der Waals surface area contributed by atoms with Crippen molar-refractivity contribution in [2.45, 2.75) is 105 Å². The van der Waals surface area contributed by atoms with Crippen molar-refractivity contribution >= 4 is 36.4 Å². The summed E-state index contributed by atoms with van der Waals surface area (Å²) in [5.74, 6) is 0.0112. The molecule has 2 rings (SSSR count). The fourth-order valence-electron chi connectivity index (χ4n) is 4.63. The number of nitrogens with zero attached hydrogens (tertiary/aromatic N) is 1. The summed E-state index contributed by atoms with van der Waals surface area (Å²) in [5.41, 5.74) is 9.44. The van der Waals surface area contributed by atoms with Gasteiger partial charge >= 0.3 is 24.6 Å². The van der Waals surface area contributed by atoms with Crippen LogP contribution in [-0.2, 0) is 67.3 Å². The number of hydrogen-bond acceptors (Lipinski definition) is 12. The highest BCUT2D eigenvalue weighted by atomic mass is 16.2. The lowest BCUT2D eigenvalue weighted by Gasteiger charge is -2.33. The lowest BCUT2D eigenvalue weighted by Crippen LogP contribution is -2.48. The molecule has 0 aliphatic heterocycles. The Morgan fingerprint density at radius 3 is 1.18 bits per heavy atom. The zero-order valence-corrected chi connectivity index (χ0v) is 28.2. The third-order valence-electron chi connectivity index (χ3n) is 7.12. The largest absolute Gasteiger partial charge is 0.373 e. The van der Waals surface area contributed by atoms with Crippen LogP contribution >= 0.6 is 0 Å². The molecule has 0 bridgehead atoms. The molecule has 0 aromatic heterocycles. The van der Waals surface area contributed by atoms with Crippen LogP contribution in [-0.4, -0.2) is 47.5 Å². The summed E-state index contributed by atoms with van der Waals surface area (Å²) in [6, 6.07) is 18.0. The maximum Gasteiger partial charge on any atom is 0.373 e. The summed E-state index contributed by atoms with van der Waals surface area (Å²) in [4.78, 5) is 87.7. The predicted molar refractivity (Wildman–Crippen MR) is 174 cm³/mol. The molecule has 0 heterocycles. The van der Waals surface area contributed by atoms with Gasteiger partial charge in [-0.15, -0.1) is 0 Å². The first kappa shape index (κ1) is 52.9. The number of carbonyl (C=O) groups excluding carboxylic acids is 10. The molecule has 0 unspecified atom stereocenters. The minimum absolute atomic E-state index is 0. The minimum atomic E-state index is -0.251. The molecule has 0 aliphatic rings. The number of rotatable bonds is 11. The second-order valence-electron chi connectivity index (χ2n) is 9.77. The lowest BCUT2D eigenvalue weighted by molar-refractivity contribution is -0.193. The maximum atomic E-state index is 11.4. The van der Waals surface area contributed by atoms with Gasteiger partial charge in [-0.25, -0.2) is 0 Å². The molecule has 2 amide bonds. The molecule has 0 spiro atoms. The SMILES string of the molecule is C.CCC(CC)(Cc1ccccc1C#N)NC(C)=O.CCC(CC)(Cc1ccccc1CN)NC(C)=O.O=C=O.O=C=O.O=C=O.O=C=O. The quantitative estimate of drug-likeness (QED) is 0.308. The summed E-state index contributed by atoms with van der Waals surface area (Å²) < 4.78 is 0. The van der Waals surface area contributed by atoms with Gasteiger partial charge in [-0.3, -0.25) is 9.59 Å². The van der Waals surface area contributed by atoms with Crippen LogP contribution < -0.4 is 16.4 Å². The summed E-state index contributed by atoms with van der Waals surface area (Å²) in [6.45, 7) is 12.0. The molecule has 4 N–H and O–H groups in total. The minimum Gasteiger partial charge on any atom is -0.351 e. The molecule has 2 aromatic carbocycles. The third kappa shape index (κ3) is 25.2. The molecular weight excluding hydrogens is 636 g/mol. The fourth-order valence-corrected chi connectivity index (χ4v) is 4.63. The summed E-state index contributed by atoms with van der Waals surface area (Å²) in [7, 11) is 0. The van der Waals surface area contributed by atoms with Gasteiger partial charge < -0.3 is 16.4 Å². The molecule has 14 nitrogen and oxygen atoms in total. The molecule has 2 aromatic rings. The molecule has 14 heteroatoms. The van der Waals surface area contributed by atoms with Crippen molar-refractivity contribution < 1.29 is 47.9 Å². The van der Waals surface area contributed by atoms with Crippen LogP contribution in [0.25, 0.3) is 0 Å². The Morgan fingerprint density at radius 2 is 0.898 bits per heavy atom. The Labute approximate surface area is 287 Å². The van der Waals surface area contributed by atoms with Crippen LogP contribution in [0.5, 0.6) is 0 Å². The molecule has 0 saturated carbocycles. The maximum absolute atomic E-state index is 11.4. The van der Waals surface area contributed by atoms with E-state index in [1.54, 1.807) is 6.92 Å². The van der Waals surface area contributed by atoms with E-state index < -0.39 is 0 Å². The molecule has 49 heavy (non-hydrogen) atoms. The van der Waals surface area contributed by atoms with E-state index in [0.29, 0.717) is 18.5 Å². The van der Waals surface area contributed by atoms with Crippen LogP contribution in [0.3, 0.4) is 0 Å². The number of amides is 2. The third-order valence-corrected chi connectivity index (χ3v) is 7.12. The first-order valence-electron chi connectivity index (χ1n) is 14.6. The van der Waals surface area contributed by atoms with E-state index in [2.05, 4.69) is 56.5 Å². The van der Waals surface area contributed by atoms with E-state index in [9.17, 15) is 9.59 Å². The second kappa shape index (κ2) is 33.7. The number of benzene rings is 2. The topological polar surface area (TPSA) is 245 Å². The number of nitrogens with one attached hydrogen (secondary N) is 2. The highest BCUT2D eigenvalue weighted by Gasteiger charge is 2.29. The van der Waals surface area contributed by atoms with Crippen molar-refractivity contribution in [3.05, 3.63) is 70.8 Å².